The number of nitrogens with zero attached hydrogens (tertiary/aromatic N) is 1. The Morgan fingerprint density at radius 3 is 2.93 bits per heavy atom. The number of carbonyl (C=O) groups excluding carboxylic acids is 1. The second-order valence-electron chi connectivity index (χ2n) is 2.76. The molecule has 5 heteroatoms. The van der Waals surface area contributed by atoms with E-state index in [0.717, 1.165) is 10.9 Å². The van der Waals surface area contributed by atoms with Crippen LogP contribution in [0.25, 0.3) is 0 Å². The van der Waals surface area contributed by atoms with Crippen molar-refractivity contribution in [3.63, 3.8) is 0 Å². The van der Waals surface area contributed by atoms with Gasteiger partial charge in [-0.2, -0.15) is 0 Å². The van der Waals surface area contributed by atoms with Crippen LogP contribution in [0.3, 0.4) is 0 Å². The topological polar surface area (TPSA) is 68.0 Å². The molecule has 0 unspecified atom stereocenters. The van der Waals surface area contributed by atoms with Crippen molar-refractivity contribution in [2.45, 2.75) is 6.42 Å². The summed E-state index contributed by atoms with van der Waals surface area (Å²) in [6.07, 6.45) is 2.38. The number of hydrogen-bond acceptors (Lipinski definition) is 3. The van der Waals surface area contributed by atoms with Crippen LogP contribution in [0.4, 0.5) is 0 Å². The Morgan fingerprint density at radius 1 is 1.57 bits per heavy atom. The van der Waals surface area contributed by atoms with Crippen molar-refractivity contribution in [3.8, 4) is 0 Å². The predicted molar refractivity (Wildman–Crippen MR) is 57.9 cm³/mol. The van der Waals surface area contributed by atoms with E-state index in [1.165, 1.54) is 0 Å². The molecule has 1 aromatic heterocycles. The van der Waals surface area contributed by atoms with Crippen LogP contribution in [0.5, 0.6) is 0 Å². The number of hydrogen-bond donors (Lipinski definition) is 2. The lowest BCUT2D eigenvalue weighted by molar-refractivity contribution is 0.0948. The molecule has 0 atom stereocenters. The Morgan fingerprint density at radius 2 is 2.36 bits per heavy atom. The number of pyridine rings is 1. The van der Waals surface area contributed by atoms with E-state index >= 15 is 0 Å². The smallest absolute Gasteiger partial charge is 0.269 e. The van der Waals surface area contributed by atoms with Crippen molar-refractivity contribution >= 4 is 21.8 Å². The fraction of sp³-hybridized carbons (Fsp3) is 0.333. The number of aromatic nitrogens is 1. The number of nitrogens with one attached hydrogen (secondary N) is 1. The second-order valence-corrected chi connectivity index (χ2v) is 3.68. The van der Waals surface area contributed by atoms with Gasteiger partial charge in [0.25, 0.3) is 5.91 Å². The van der Waals surface area contributed by atoms with E-state index in [9.17, 15) is 4.79 Å². The molecule has 1 aromatic rings. The molecule has 3 N–H and O–H groups in total. The van der Waals surface area contributed by atoms with Gasteiger partial charge in [0.05, 0.1) is 0 Å². The molecule has 0 aliphatic carbocycles. The van der Waals surface area contributed by atoms with Gasteiger partial charge in [0.2, 0.25) is 0 Å². The maximum Gasteiger partial charge on any atom is 0.269 e. The highest BCUT2D eigenvalue weighted by Crippen LogP contribution is 2.06. The van der Waals surface area contributed by atoms with Crippen molar-refractivity contribution in [2.24, 2.45) is 5.73 Å². The first-order valence-corrected chi connectivity index (χ1v) is 5.13. The van der Waals surface area contributed by atoms with Gasteiger partial charge in [-0.25, -0.2) is 4.98 Å². The maximum atomic E-state index is 11.4. The summed E-state index contributed by atoms with van der Waals surface area (Å²) in [6, 6.07) is 3.45. The van der Waals surface area contributed by atoms with Gasteiger partial charge in [0.1, 0.15) is 5.69 Å². The van der Waals surface area contributed by atoms with Crippen LogP contribution in [-0.2, 0) is 0 Å². The fourth-order valence-corrected chi connectivity index (χ4v) is 1.14. The van der Waals surface area contributed by atoms with Crippen molar-refractivity contribution in [2.75, 3.05) is 13.1 Å². The van der Waals surface area contributed by atoms with E-state index in [-0.39, 0.29) is 5.91 Å². The molecule has 1 heterocycles. The summed E-state index contributed by atoms with van der Waals surface area (Å²) in [5, 5.41) is 2.72. The van der Waals surface area contributed by atoms with E-state index < -0.39 is 0 Å². The Kier molecular flexibility index (Phi) is 4.55. The van der Waals surface area contributed by atoms with Crippen LogP contribution in [0, 0.1) is 0 Å². The number of nitrogens with two attached hydrogens (primary N) is 1. The van der Waals surface area contributed by atoms with Gasteiger partial charge in [-0.3, -0.25) is 4.79 Å². The SMILES string of the molecule is NCCCNC(=O)c1ccc(Br)cn1. The quantitative estimate of drug-likeness (QED) is 0.789. The first-order valence-electron chi connectivity index (χ1n) is 4.34. The lowest BCUT2D eigenvalue weighted by Crippen LogP contribution is -2.26. The first kappa shape index (κ1) is 11.1. The van der Waals surface area contributed by atoms with Gasteiger partial charge in [-0.05, 0) is 41.0 Å². The minimum atomic E-state index is -0.161. The van der Waals surface area contributed by atoms with E-state index in [1.54, 1.807) is 18.3 Å². The third-order valence-corrected chi connectivity index (χ3v) is 2.10. The Hall–Kier alpha value is -0.940. The van der Waals surface area contributed by atoms with Crippen LogP contribution in [0.15, 0.2) is 22.8 Å². The zero-order valence-corrected chi connectivity index (χ0v) is 9.25. The molecule has 0 aliphatic heterocycles. The van der Waals surface area contributed by atoms with Crippen LogP contribution in [0.1, 0.15) is 16.9 Å². The molecular weight excluding hydrogens is 246 g/mol. The molecule has 4 nitrogen and oxygen atoms in total. The Bertz CT molecular complexity index is 299. The first-order chi connectivity index (χ1) is 6.74. The summed E-state index contributed by atoms with van der Waals surface area (Å²) >= 11 is 3.25. The van der Waals surface area contributed by atoms with Gasteiger partial charge < -0.3 is 11.1 Å². The highest BCUT2D eigenvalue weighted by atomic mass is 79.9. The molecule has 1 amide bonds. The highest BCUT2D eigenvalue weighted by molar-refractivity contribution is 9.10. The van der Waals surface area contributed by atoms with Gasteiger partial charge in [-0.1, -0.05) is 0 Å². The van der Waals surface area contributed by atoms with E-state index in [4.69, 9.17) is 5.73 Å². The summed E-state index contributed by atoms with van der Waals surface area (Å²) in [7, 11) is 0. The molecule has 0 radical (unpaired) electrons. The van der Waals surface area contributed by atoms with Gasteiger partial charge in [0, 0.05) is 17.2 Å². The highest BCUT2D eigenvalue weighted by Gasteiger charge is 2.04. The van der Waals surface area contributed by atoms with E-state index in [1.807, 2.05) is 0 Å². The molecule has 76 valence electrons. The van der Waals surface area contributed by atoms with Crippen molar-refractivity contribution < 1.29 is 4.79 Å². The summed E-state index contributed by atoms with van der Waals surface area (Å²) in [6.45, 7) is 1.17. The Balaban J connectivity index is 2.48. The predicted octanol–water partition coefficient (Wildman–Crippen LogP) is 0.923. The lowest BCUT2D eigenvalue weighted by Gasteiger charge is -2.02. The van der Waals surface area contributed by atoms with Crippen molar-refractivity contribution in [1.82, 2.24) is 10.3 Å². The molecule has 0 bridgehead atoms. The lowest BCUT2D eigenvalue weighted by atomic mass is 10.3. The van der Waals surface area contributed by atoms with E-state index in [2.05, 4.69) is 26.2 Å². The van der Waals surface area contributed by atoms with Gasteiger partial charge in [-0.15, -0.1) is 0 Å². The van der Waals surface area contributed by atoms with Gasteiger partial charge >= 0.3 is 0 Å². The zero-order valence-electron chi connectivity index (χ0n) is 7.66. The monoisotopic (exact) mass is 257 g/mol. The molecule has 1 rings (SSSR count). The second kappa shape index (κ2) is 5.72. The fourth-order valence-electron chi connectivity index (χ4n) is 0.905. The maximum absolute atomic E-state index is 11.4. The zero-order chi connectivity index (χ0) is 10.4. The van der Waals surface area contributed by atoms with Crippen LogP contribution in [-0.4, -0.2) is 24.0 Å². The Labute approximate surface area is 91.0 Å². The number of amides is 1. The summed E-state index contributed by atoms with van der Waals surface area (Å²) in [5.41, 5.74) is 5.72. The molecule has 0 aliphatic rings. The summed E-state index contributed by atoms with van der Waals surface area (Å²) in [4.78, 5) is 15.4. The third kappa shape index (κ3) is 3.43. The molecule has 0 spiro atoms. The minimum Gasteiger partial charge on any atom is -0.351 e. The third-order valence-electron chi connectivity index (χ3n) is 1.63. The minimum absolute atomic E-state index is 0.161. The average Bonchev–Trinajstić information content (AvgIpc) is 2.19. The normalized spacial score (nSPS) is 9.86. The van der Waals surface area contributed by atoms with Crippen molar-refractivity contribution in [3.05, 3.63) is 28.5 Å². The summed E-state index contributed by atoms with van der Waals surface area (Å²) < 4.78 is 0.857. The number of rotatable bonds is 4. The molecular formula is C9H12BrN3O. The average molecular weight is 258 g/mol. The van der Waals surface area contributed by atoms with Gasteiger partial charge in [0.15, 0.2) is 0 Å². The van der Waals surface area contributed by atoms with Crippen LogP contribution in [0.2, 0.25) is 0 Å². The van der Waals surface area contributed by atoms with Crippen LogP contribution < -0.4 is 11.1 Å². The van der Waals surface area contributed by atoms with Crippen LogP contribution >= 0.6 is 15.9 Å². The molecule has 0 saturated carbocycles. The summed E-state index contributed by atoms with van der Waals surface area (Å²) in [5.74, 6) is -0.161. The molecule has 0 fully saturated rings. The number of carbonyl (C=O) groups is 1. The molecule has 14 heavy (non-hydrogen) atoms. The number of halogens is 1. The molecule has 0 aromatic carbocycles. The largest absolute Gasteiger partial charge is 0.351 e. The standard InChI is InChI=1S/C9H12BrN3O/c10-7-2-3-8(13-6-7)9(14)12-5-1-4-11/h2-3,6H,1,4-5,11H2,(H,12,14). The van der Waals surface area contributed by atoms with Crippen molar-refractivity contribution in [1.29, 1.82) is 0 Å². The van der Waals surface area contributed by atoms with E-state index in [0.29, 0.717) is 18.8 Å². The molecule has 0 saturated heterocycles.